The maximum Gasteiger partial charge on any atom is 0.233 e. The topological polar surface area (TPSA) is 67.1 Å². The summed E-state index contributed by atoms with van der Waals surface area (Å²) in [6.07, 6.45) is 4.45. The van der Waals surface area contributed by atoms with Gasteiger partial charge in [-0.25, -0.2) is 0 Å². The zero-order valence-electron chi connectivity index (χ0n) is 10.5. The Balaban J connectivity index is 2.16. The molecule has 0 spiro atoms. The molecule has 1 amide bonds. The van der Waals surface area contributed by atoms with Crippen LogP contribution in [-0.2, 0) is 4.79 Å². The molecule has 1 fully saturated rings. The first-order valence-corrected chi connectivity index (χ1v) is 6.34. The minimum Gasteiger partial charge on any atom is -0.352 e. The number of hydrogen-bond acceptors (Lipinski definition) is 3. The zero-order chi connectivity index (χ0) is 12.0. The lowest BCUT2D eigenvalue weighted by Crippen LogP contribution is -2.44. The SMILES string of the molecule is CC(C)CNC1CCC(NC(=O)CN)CC1. The highest BCUT2D eigenvalue weighted by molar-refractivity contribution is 5.78. The second-order valence-electron chi connectivity index (χ2n) is 5.12. The number of nitrogens with two attached hydrogens (primary N) is 1. The average molecular weight is 227 g/mol. The maximum atomic E-state index is 11.1. The van der Waals surface area contributed by atoms with Gasteiger partial charge in [-0.1, -0.05) is 13.8 Å². The summed E-state index contributed by atoms with van der Waals surface area (Å²) in [5, 5.41) is 6.53. The normalized spacial score (nSPS) is 25.8. The molecule has 16 heavy (non-hydrogen) atoms. The second kappa shape index (κ2) is 6.86. The minimum atomic E-state index is -0.0291. The van der Waals surface area contributed by atoms with Gasteiger partial charge >= 0.3 is 0 Å². The molecule has 0 saturated heterocycles. The zero-order valence-corrected chi connectivity index (χ0v) is 10.5. The third kappa shape index (κ3) is 4.94. The molecule has 0 aromatic heterocycles. The van der Waals surface area contributed by atoms with Crippen LogP contribution in [0, 0.1) is 5.92 Å². The van der Waals surface area contributed by atoms with Crippen LogP contribution in [0.3, 0.4) is 0 Å². The van der Waals surface area contributed by atoms with Crippen LogP contribution in [0.1, 0.15) is 39.5 Å². The van der Waals surface area contributed by atoms with E-state index in [-0.39, 0.29) is 12.5 Å². The van der Waals surface area contributed by atoms with Gasteiger partial charge in [0, 0.05) is 12.1 Å². The number of rotatable bonds is 5. The van der Waals surface area contributed by atoms with Gasteiger partial charge in [-0.3, -0.25) is 4.79 Å². The number of nitrogens with one attached hydrogen (secondary N) is 2. The molecule has 0 aromatic rings. The van der Waals surface area contributed by atoms with Crippen molar-refractivity contribution in [3.63, 3.8) is 0 Å². The summed E-state index contributed by atoms with van der Waals surface area (Å²) in [5.74, 6) is 0.674. The number of carbonyl (C=O) groups is 1. The molecule has 1 aliphatic rings. The monoisotopic (exact) mass is 227 g/mol. The number of carbonyl (C=O) groups excluding carboxylic acids is 1. The fourth-order valence-electron chi connectivity index (χ4n) is 2.13. The molecular formula is C12H25N3O. The van der Waals surface area contributed by atoms with E-state index in [1.165, 1.54) is 0 Å². The van der Waals surface area contributed by atoms with E-state index in [4.69, 9.17) is 5.73 Å². The molecule has 0 atom stereocenters. The molecule has 0 heterocycles. The second-order valence-corrected chi connectivity index (χ2v) is 5.12. The molecule has 0 unspecified atom stereocenters. The molecule has 1 rings (SSSR count). The summed E-state index contributed by atoms with van der Waals surface area (Å²) < 4.78 is 0. The predicted octanol–water partition coefficient (Wildman–Crippen LogP) is 0.618. The van der Waals surface area contributed by atoms with Crippen molar-refractivity contribution < 1.29 is 4.79 Å². The van der Waals surface area contributed by atoms with E-state index >= 15 is 0 Å². The maximum absolute atomic E-state index is 11.1. The van der Waals surface area contributed by atoms with E-state index in [2.05, 4.69) is 24.5 Å². The van der Waals surface area contributed by atoms with Gasteiger partial charge in [-0.05, 0) is 38.1 Å². The fourth-order valence-corrected chi connectivity index (χ4v) is 2.13. The summed E-state index contributed by atoms with van der Waals surface area (Å²) >= 11 is 0. The summed E-state index contributed by atoms with van der Waals surface area (Å²) in [6, 6.07) is 0.974. The van der Waals surface area contributed by atoms with Crippen LogP contribution in [0.4, 0.5) is 0 Å². The van der Waals surface area contributed by atoms with E-state index in [0.717, 1.165) is 32.2 Å². The van der Waals surface area contributed by atoms with Gasteiger partial charge in [-0.2, -0.15) is 0 Å². The van der Waals surface area contributed by atoms with E-state index in [1.54, 1.807) is 0 Å². The lowest BCUT2D eigenvalue weighted by atomic mass is 9.91. The van der Waals surface area contributed by atoms with Crippen LogP contribution < -0.4 is 16.4 Å². The highest BCUT2D eigenvalue weighted by Gasteiger charge is 2.21. The molecule has 0 bridgehead atoms. The number of hydrogen-bond donors (Lipinski definition) is 3. The lowest BCUT2D eigenvalue weighted by molar-refractivity contribution is -0.120. The van der Waals surface area contributed by atoms with Crippen molar-refractivity contribution in [2.24, 2.45) is 11.7 Å². The standard InChI is InChI=1S/C12H25N3O/c1-9(2)8-14-10-3-5-11(6-4-10)15-12(16)7-13/h9-11,14H,3-8,13H2,1-2H3,(H,15,16). The molecule has 4 heteroatoms. The van der Waals surface area contributed by atoms with Crippen LogP contribution in [0.15, 0.2) is 0 Å². The fraction of sp³-hybridized carbons (Fsp3) is 0.917. The third-order valence-electron chi connectivity index (χ3n) is 3.09. The summed E-state index contributed by atoms with van der Waals surface area (Å²) in [5.41, 5.74) is 5.27. The van der Waals surface area contributed by atoms with Gasteiger partial charge in [0.25, 0.3) is 0 Å². The van der Waals surface area contributed by atoms with E-state index in [0.29, 0.717) is 18.0 Å². The summed E-state index contributed by atoms with van der Waals surface area (Å²) in [7, 11) is 0. The van der Waals surface area contributed by atoms with Gasteiger partial charge in [0.15, 0.2) is 0 Å². The first-order chi connectivity index (χ1) is 7.61. The smallest absolute Gasteiger partial charge is 0.233 e. The van der Waals surface area contributed by atoms with Crippen molar-refractivity contribution in [3.8, 4) is 0 Å². The minimum absolute atomic E-state index is 0.0291. The molecule has 4 N–H and O–H groups in total. The van der Waals surface area contributed by atoms with Crippen molar-refractivity contribution in [1.29, 1.82) is 0 Å². The van der Waals surface area contributed by atoms with Crippen LogP contribution in [0.2, 0.25) is 0 Å². The highest BCUT2D eigenvalue weighted by Crippen LogP contribution is 2.18. The van der Waals surface area contributed by atoms with E-state index in [1.807, 2.05) is 0 Å². The third-order valence-corrected chi connectivity index (χ3v) is 3.09. The Morgan fingerprint density at radius 1 is 1.25 bits per heavy atom. The molecule has 0 radical (unpaired) electrons. The van der Waals surface area contributed by atoms with Crippen LogP contribution in [0.5, 0.6) is 0 Å². The largest absolute Gasteiger partial charge is 0.352 e. The Morgan fingerprint density at radius 2 is 1.81 bits per heavy atom. The predicted molar refractivity (Wildman–Crippen MR) is 66.1 cm³/mol. The Hall–Kier alpha value is -0.610. The van der Waals surface area contributed by atoms with Gasteiger partial charge in [0.05, 0.1) is 6.54 Å². The summed E-state index contributed by atoms with van der Waals surface area (Å²) in [6.45, 7) is 5.64. The number of amides is 1. The van der Waals surface area contributed by atoms with Crippen molar-refractivity contribution >= 4 is 5.91 Å². The van der Waals surface area contributed by atoms with Gasteiger partial charge < -0.3 is 16.4 Å². The molecule has 1 aliphatic carbocycles. The average Bonchev–Trinajstić information content (AvgIpc) is 2.28. The molecule has 94 valence electrons. The molecule has 0 aromatic carbocycles. The first kappa shape index (κ1) is 13.5. The molecule has 1 saturated carbocycles. The molecule has 0 aliphatic heterocycles. The summed E-state index contributed by atoms with van der Waals surface area (Å²) in [4.78, 5) is 11.1. The van der Waals surface area contributed by atoms with Crippen LogP contribution in [-0.4, -0.2) is 31.1 Å². The van der Waals surface area contributed by atoms with Crippen molar-refractivity contribution in [2.75, 3.05) is 13.1 Å². The van der Waals surface area contributed by atoms with Gasteiger partial charge in [0.1, 0.15) is 0 Å². The quantitative estimate of drug-likeness (QED) is 0.645. The molecule has 4 nitrogen and oxygen atoms in total. The van der Waals surface area contributed by atoms with Gasteiger partial charge in [0.2, 0.25) is 5.91 Å². The van der Waals surface area contributed by atoms with E-state index in [9.17, 15) is 4.79 Å². The van der Waals surface area contributed by atoms with Crippen molar-refractivity contribution in [3.05, 3.63) is 0 Å². The van der Waals surface area contributed by atoms with Crippen LogP contribution >= 0.6 is 0 Å². The Labute approximate surface area is 98.3 Å². The Kier molecular flexibility index (Phi) is 5.77. The Bertz CT molecular complexity index is 210. The van der Waals surface area contributed by atoms with Gasteiger partial charge in [-0.15, -0.1) is 0 Å². The van der Waals surface area contributed by atoms with Crippen molar-refractivity contribution in [1.82, 2.24) is 10.6 Å². The van der Waals surface area contributed by atoms with E-state index < -0.39 is 0 Å². The first-order valence-electron chi connectivity index (χ1n) is 6.34. The van der Waals surface area contributed by atoms with Crippen LogP contribution in [0.25, 0.3) is 0 Å². The highest BCUT2D eigenvalue weighted by atomic mass is 16.1. The molecular weight excluding hydrogens is 202 g/mol. The lowest BCUT2D eigenvalue weighted by Gasteiger charge is -2.30. The Morgan fingerprint density at radius 3 is 2.31 bits per heavy atom. The van der Waals surface area contributed by atoms with Crippen molar-refractivity contribution in [2.45, 2.75) is 51.6 Å².